The van der Waals surface area contributed by atoms with Gasteiger partial charge in [0.05, 0.1) is 35.7 Å². The van der Waals surface area contributed by atoms with Gasteiger partial charge in [0.1, 0.15) is 0 Å². The zero-order chi connectivity index (χ0) is 41.4. The van der Waals surface area contributed by atoms with Crippen LogP contribution in [0.3, 0.4) is 0 Å². The van der Waals surface area contributed by atoms with E-state index in [4.69, 9.17) is 9.47 Å². The molecule has 6 aromatic rings. The predicted octanol–water partition coefficient (Wildman–Crippen LogP) is 11.8. The first-order valence-electron chi connectivity index (χ1n) is 21.1. The Labute approximate surface area is 343 Å². The fourth-order valence-electron chi connectivity index (χ4n) is 7.31. The number of esters is 2. The lowest BCUT2D eigenvalue weighted by molar-refractivity contribution is -0.135. The highest BCUT2D eigenvalue weighted by Crippen LogP contribution is 2.41. The summed E-state index contributed by atoms with van der Waals surface area (Å²) in [6, 6.07) is 20.1. The molecule has 2 aromatic carbocycles. The topological polar surface area (TPSA) is 99.1 Å². The molecule has 11 heteroatoms. The van der Waals surface area contributed by atoms with Crippen molar-refractivity contribution in [3.8, 4) is 0 Å². The molecule has 0 atom stereocenters. The molecule has 0 radical (unpaired) electrons. The number of carbonyl (C=O) groups excluding carboxylic acids is 2. The zero-order valence-corrected chi connectivity index (χ0v) is 34.0. The second kappa shape index (κ2) is 19.1. The molecule has 2 fully saturated rings. The summed E-state index contributed by atoms with van der Waals surface area (Å²) in [6.45, 7) is 5.33. The highest BCUT2D eigenvalue weighted by Gasteiger charge is 2.28. The van der Waals surface area contributed by atoms with Gasteiger partial charge in [0.25, 0.3) is 0 Å². The number of carbonyl (C=O) groups is 2. The molecule has 0 amide bonds. The second-order valence-corrected chi connectivity index (χ2v) is 15.9. The number of fused-ring (bicyclic) bond motifs is 2. The molecule has 0 saturated heterocycles. The molecule has 2 aliphatic carbocycles. The van der Waals surface area contributed by atoms with Crippen LogP contribution < -0.4 is 0 Å². The van der Waals surface area contributed by atoms with Crippen LogP contribution in [0.25, 0.3) is 21.8 Å². The molecule has 2 saturated carbocycles. The molecule has 0 unspecified atom stereocenters. The smallest absolute Gasteiger partial charge is 0.389 e. The highest BCUT2D eigenvalue weighted by molar-refractivity contribution is 5.92. The number of pyridine rings is 2. The van der Waals surface area contributed by atoms with E-state index in [9.17, 15) is 22.8 Å². The lowest BCUT2D eigenvalue weighted by Crippen LogP contribution is -2.12. The van der Waals surface area contributed by atoms with Gasteiger partial charge >= 0.3 is 18.1 Å². The van der Waals surface area contributed by atoms with E-state index in [0.717, 1.165) is 82.9 Å². The maximum absolute atomic E-state index is 12.8. The number of benzene rings is 2. The summed E-state index contributed by atoms with van der Waals surface area (Å²) < 4.78 is 50.2. The van der Waals surface area contributed by atoms with E-state index < -0.39 is 12.6 Å². The first-order chi connectivity index (χ1) is 28.6. The summed E-state index contributed by atoms with van der Waals surface area (Å²) in [7, 11) is 0. The molecule has 2 aliphatic rings. The van der Waals surface area contributed by atoms with Crippen molar-refractivity contribution in [2.75, 3.05) is 13.2 Å². The van der Waals surface area contributed by atoms with E-state index >= 15 is 0 Å². The SMILES string of the molecule is CCCCOC(=O)c1cc(C2CC2)cnc1Cc1ccc2[nH]ccc2c1.CCCCOC(=O)c1cc(C2CC2)cnc1Cc1ccc2c(ccn2CCCC(F)(F)F)c1. The van der Waals surface area contributed by atoms with Crippen LogP contribution in [-0.2, 0) is 28.9 Å². The highest BCUT2D eigenvalue weighted by atomic mass is 19.4. The van der Waals surface area contributed by atoms with Crippen molar-refractivity contribution in [1.29, 1.82) is 0 Å². The Morgan fingerprint density at radius 1 is 0.729 bits per heavy atom. The minimum absolute atomic E-state index is 0.0514. The van der Waals surface area contributed by atoms with Gasteiger partial charge in [-0.25, -0.2) is 9.59 Å². The van der Waals surface area contributed by atoms with Gasteiger partial charge < -0.3 is 19.0 Å². The summed E-state index contributed by atoms with van der Waals surface area (Å²) >= 11 is 0. The van der Waals surface area contributed by atoms with Crippen LogP contribution in [0, 0.1) is 0 Å². The maximum Gasteiger partial charge on any atom is 0.389 e. The van der Waals surface area contributed by atoms with Gasteiger partial charge in [-0.05, 0) is 138 Å². The molecule has 59 heavy (non-hydrogen) atoms. The molecular weight excluding hydrogens is 754 g/mol. The third-order valence-corrected chi connectivity index (χ3v) is 11.0. The molecule has 0 bridgehead atoms. The van der Waals surface area contributed by atoms with Crippen LogP contribution >= 0.6 is 0 Å². The quantitative estimate of drug-likeness (QED) is 0.0728. The van der Waals surface area contributed by atoms with Crippen LogP contribution in [0.1, 0.15) is 144 Å². The number of aromatic nitrogens is 4. The normalized spacial score (nSPS) is 14.0. The third-order valence-electron chi connectivity index (χ3n) is 11.0. The van der Waals surface area contributed by atoms with Crippen LogP contribution in [0.2, 0.25) is 0 Å². The second-order valence-electron chi connectivity index (χ2n) is 15.9. The average molecular weight is 807 g/mol. The largest absolute Gasteiger partial charge is 0.462 e. The van der Waals surface area contributed by atoms with Crippen LogP contribution in [0.4, 0.5) is 13.2 Å². The number of alkyl halides is 3. The minimum atomic E-state index is -4.13. The summed E-state index contributed by atoms with van der Waals surface area (Å²) in [6.07, 6.45) is 12.1. The van der Waals surface area contributed by atoms with E-state index in [2.05, 4.69) is 46.1 Å². The van der Waals surface area contributed by atoms with Gasteiger partial charge in [0.15, 0.2) is 0 Å². The number of hydrogen-bond donors (Lipinski definition) is 1. The lowest BCUT2D eigenvalue weighted by Gasteiger charge is -2.12. The Morgan fingerprint density at radius 2 is 1.29 bits per heavy atom. The van der Waals surface area contributed by atoms with Gasteiger partial charge in [0, 0.05) is 61.6 Å². The minimum Gasteiger partial charge on any atom is -0.462 e. The van der Waals surface area contributed by atoms with Crippen molar-refractivity contribution in [2.24, 2.45) is 0 Å². The Kier molecular flexibility index (Phi) is 13.5. The first kappa shape index (κ1) is 41.7. The Hall–Kier alpha value is -5.45. The van der Waals surface area contributed by atoms with Gasteiger partial charge in [-0.2, -0.15) is 13.2 Å². The van der Waals surface area contributed by atoms with E-state index in [0.29, 0.717) is 61.3 Å². The maximum atomic E-state index is 12.8. The van der Waals surface area contributed by atoms with Crippen molar-refractivity contribution in [3.05, 3.63) is 130 Å². The van der Waals surface area contributed by atoms with Crippen molar-refractivity contribution in [2.45, 2.75) is 115 Å². The van der Waals surface area contributed by atoms with Crippen LogP contribution in [-0.4, -0.2) is 50.8 Å². The molecule has 4 heterocycles. The number of nitrogens with zero attached hydrogens (tertiary/aromatic N) is 3. The molecule has 1 N–H and O–H groups in total. The fraction of sp³-hybridized carbons (Fsp3) is 0.417. The predicted molar refractivity (Wildman–Crippen MR) is 224 cm³/mol. The summed E-state index contributed by atoms with van der Waals surface area (Å²) in [5.41, 5.74) is 9.04. The van der Waals surface area contributed by atoms with Gasteiger partial charge in [0.2, 0.25) is 0 Å². The van der Waals surface area contributed by atoms with Gasteiger partial charge in [-0.3, -0.25) is 9.97 Å². The van der Waals surface area contributed by atoms with E-state index in [1.54, 1.807) is 0 Å². The van der Waals surface area contributed by atoms with E-state index in [1.165, 1.54) is 18.2 Å². The number of unbranched alkanes of at least 4 members (excludes halogenated alkanes) is 2. The molecule has 310 valence electrons. The number of ether oxygens (including phenoxy) is 2. The van der Waals surface area contributed by atoms with Gasteiger partial charge in [-0.1, -0.05) is 38.8 Å². The van der Waals surface area contributed by atoms with Gasteiger partial charge in [-0.15, -0.1) is 0 Å². The Bertz CT molecular complexity index is 2370. The van der Waals surface area contributed by atoms with Crippen LogP contribution in [0.5, 0.6) is 0 Å². The molecule has 0 aliphatic heterocycles. The van der Waals surface area contributed by atoms with Crippen molar-refractivity contribution >= 4 is 33.7 Å². The number of aryl methyl sites for hydroxylation is 1. The molecule has 4 aromatic heterocycles. The molecular formula is C48H53F3N4O4. The zero-order valence-electron chi connectivity index (χ0n) is 34.0. The first-order valence-corrected chi connectivity index (χ1v) is 21.1. The fourth-order valence-corrected chi connectivity index (χ4v) is 7.31. The van der Waals surface area contributed by atoms with Crippen molar-refractivity contribution < 1.29 is 32.2 Å². The van der Waals surface area contributed by atoms with Crippen molar-refractivity contribution in [1.82, 2.24) is 19.5 Å². The number of aromatic amines is 1. The van der Waals surface area contributed by atoms with E-state index in [-0.39, 0.29) is 18.4 Å². The lowest BCUT2D eigenvalue weighted by atomic mass is 10.0. The van der Waals surface area contributed by atoms with Crippen molar-refractivity contribution in [3.63, 3.8) is 0 Å². The van der Waals surface area contributed by atoms with Crippen LogP contribution in [0.15, 0.2) is 85.5 Å². The summed E-state index contributed by atoms with van der Waals surface area (Å²) in [5, 5.41) is 2.13. The average Bonchev–Trinajstić information content (AvgIpc) is 4.16. The number of nitrogens with one attached hydrogen (secondary N) is 1. The number of rotatable bonds is 17. The number of H-pyrrole nitrogens is 1. The summed E-state index contributed by atoms with van der Waals surface area (Å²) in [5.74, 6) is 0.480. The monoisotopic (exact) mass is 806 g/mol. The standard InChI is InChI=1S/C26H29F3N2O2.C22H24N2O2/c1-2-3-13-33-25(32)22-16-21(19-6-7-19)17-30-23(22)15-18-5-8-24-20(14-18)9-12-31(24)11-4-10-26(27,28)29;1-2-3-10-26-22(25)19-13-18(16-5-6-16)14-24-21(19)12-15-4-7-20-17(11-15)8-9-23-20/h5,8-9,12,14,16-17,19H,2-4,6-7,10-11,13,15H2,1H3;4,7-9,11,13-14,16,23H,2-3,5-6,10,12H2,1H3. The number of hydrogen-bond acceptors (Lipinski definition) is 6. The molecule has 8 nitrogen and oxygen atoms in total. The molecule has 0 spiro atoms. The third kappa shape index (κ3) is 11.4. The number of halogens is 3. The van der Waals surface area contributed by atoms with E-state index in [1.807, 2.05) is 72.7 Å². The Morgan fingerprint density at radius 3 is 1.83 bits per heavy atom. The Balaban J connectivity index is 0.000000184. The summed E-state index contributed by atoms with van der Waals surface area (Å²) in [4.78, 5) is 37.9. The molecule has 8 rings (SSSR count).